The maximum atomic E-state index is 13.9. The van der Waals surface area contributed by atoms with Crippen LogP contribution in [0.4, 0.5) is 4.39 Å². The van der Waals surface area contributed by atoms with Crippen LogP contribution in [0.25, 0.3) is 0 Å². The molecule has 0 spiro atoms. The van der Waals surface area contributed by atoms with Crippen LogP contribution >= 0.6 is 11.6 Å². The highest BCUT2D eigenvalue weighted by Gasteiger charge is 2.42. The molecule has 6 nitrogen and oxygen atoms in total. The molecule has 2 atom stereocenters. The number of piperazine rings is 1. The van der Waals surface area contributed by atoms with Crippen LogP contribution in [0.2, 0.25) is 5.02 Å². The van der Waals surface area contributed by atoms with E-state index in [4.69, 9.17) is 11.6 Å². The molecule has 2 aliphatic heterocycles. The largest absolute Gasteiger partial charge is 0.352 e. The number of hydrogen-bond acceptors (Lipinski definition) is 3. The molecule has 1 N–H and O–H groups in total. The molecule has 0 aromatic heterocycles. The van der Waals surface area contributed by atoms with Gasteiger partial charge in [-0.05, 0) is 24.6 Å². The van der Waals surface area contributed by atoms with Gasteiger partial charge in [0.25, 0.3) is 5.91 Å². The zero-order chi connectivity index (χ0) is 17.4. The molecule has 2 aliphatic rings. The number of carbonyl (C=O) groups excluding carboxylic acids is 3. The number of nitrogens with one attached hydrogen (secondary N) is 1. The van der Waals surface area contributed by atoms with Crippen molar-refractivity contribution in [3.63, 3.8) is 0 Å². The van der Waals surface area contributed by atoms with E-state index in [0.717, 1.165) is 6.07 Å². The van der Waals surface area contributed by atoms with E-state index in [1.54, 1.807) is 4.90 Å². The first-order valence-electron chi connectivity index (χ1n) is 7.66. The molecule has 0 saturated carbocycles. The van der Waals surface area contributed by atoms with E-state index in [-0.39, 0.29) is 41.0 Å². The van der Waals surface area contributed by atoms with Crippen LogP contribution in [-0.2, 0) is 9.59 Å². The van der Waals surface area contributed by atoms with Crippen molar-refractivity contribution in [1.82, 2.24) is 15.1 Å². The van der Waals surface area contributed by atoms with E-state index < -0.39 is 11.7 Å². The number of hydrogen-bond donors (Lipinski definition) is 1. The van der Waals surface area contributed by atoms with Crippen LogP contribution in [0.3, 0.4) is 0 Å². The van der Waals surface area contributed by atoms with Gasteiger partial charge in [-0.25, -0.2) is 4.39 Å². The molecule has 0 unspecified atom stereocenters. The Hall–Kier alpha value is -2.15. The molecule has 0 aliphatic carbocycles. The summed E-state index contributed by atoms with van der Waals surface area (Å²) in [7, 11) is 0. The molecule has 8 heteroatoms. The third-order valence-corrected chi connectivity index (χ3v) is 4.58. The zero-order valence-electron chi connectivity index (χ0n) is 13.1. The molecule has 1 aromatic carbocycles. The molecule has 24 heavy (non-hydrogen) atoms. The first-order chi connectivity index (χ1) is 11.3. The van der Waals surface area contributed by atoms with E-state index in [2.05, 4.69) is 5.32 Å². The number of nitrogens with zero attached hydrogens (tertiary/aromatic N) is 2. The van der Waals surface area contributed by atoms with Gasteiger partial charge in [0.15, 0.2) is 0 Å². The van der Waals surface area contributed by atoms with Crippen molar-refractivity contribution in [3.8, 4) is 0 Å². The van der Waals surface area contributed by atoms with Gasteiger partial charge in [0, 0.05) is 31.1 Å². The molecule has 3 amide bonds. The van der Waals surface area contributed by atoms with Crippen LogP contribution in [0.5, 0.6) is 0 Å². The number of benzene rings is 1. The number of amides is 3. The molecule has 0 radical (unpaired) electrons. The first kappa shape index (κ1) is 16.7. The highest BCUT2D eigenvalue weighted by atomic mass is 35.5. The molecule has 1 aromatic rings. The van der Waals surface area contributed by atoms with Crippen molar-refractivity contribution in [2.24, 2.45) is 0 Å². The van der Waals surface area contributed by atoms with Gasteiger partial charge < -0.3 is 15.1 Å². The smallest absolute Gasteiger partial charge is 0.257 e. The van der Waals surface area contributed by atoms with Crippen molar-refractivity contribution in [2.75, 3.05) is 19.6 Å². The Bertz CT molecular complexity index is 712. The molecule has 2 fully saturated rings. The summed E-state index contributed by atoms with van der Waals surface area (Å²) in [6.45, 7) is 2.08. The summed E-state index contributed by atoms with van der Waals surface area (Å²) in [6, 6.07) is 3.48. The predicted molar refractivity (Wildman–Crippen MR) is 85.0 cm³/mol. The van der Waals surface area contributed by atoms with Gasteiger partial charge in [-0.3, -0.25) is 14.4 Å². The minimum atomic E-state index is -0.665. The van der Waals surface area contributed by atoms with E-state index in [0.29, 0.717) is 19.5 Å². The topological polar surface area (TPSA) is 69.7 Å². The zero-order valence-corrected chi connectivity index (χ0v) is 13.8. The second kappa shape index (κ2) is 6.39. The third kappa shape index (κ3) is 3.21. The third-order valence-electron chi connectivity index (χ3n) is 4.35. The molecule has 3 rings (SSSR count). The normalized spacial score (nSPS) is 23.2. The predicted octanol–water partition coefficient (Wildman–Crippen LogP) is 1.04. The molecule has 128 valence electrons. The van der Waals surface area contributed by atoms with Crippen molar-refractivity contribution in [3.05, 3.63) is 34.6 Å². The monoisotopic (exact) mass is 353 g/mol. The SMILES string of the molecule is CC(=O)N[C@H]1C[C@H]2CN(C(=O)c3cc(Cl)ccc3F)CC(=O)N2C1. The minimum absolute atomic E-state index is 0.103. The Balaban J connectivity index is 1.75. The van der Waals surface area contributed by atoms with Crippen LogP contribution in [0, 0.1) is 5.82 Å². The van der Waals surface area contributed by atoms with Gasteiger partial charge in [0.1, 0.15) is 12.4 Å². The number of fused-ring (bicyclic) bond motifs is 1. The summed E-state index contributed by atoms with van der Waals surface area (Å²) in [5.74, 6) is -1.57. The summed E-state index contributed by atoms with van der Waals surface area (Å²) in [5.41, 5.74) is -0.139. The fraction of sp³-hybridized carbons (Fsp3) is 0.438. The fourth-order valence-corrected chi connectivity index (χ4v) is 3.52. The van der Waals surface area contributed by atoms with Crippen LogP contribution in [-0.4, -0.2) is 59.2 Å². The fourth-order valence-electron chi connectivity index (χ4n) is 3.35. The van der Waals surface area contributed by atoms with Crippen LogP contribution in [0.15, 0.2) is 18.2 Å². The second-order valence-corrected chi connectivity index (χ2v) is 6.58. The maximum absolute atomic E-state index is 13.9. The number of rotatable bonds is 2. The van der Waals surface area contributed by atoms with E-state index in [1.807, 2.05) is 0 Å². The number of carbonyl (C=O) groups is 3. The van der Waals surface area contributed by atoms with E-state index in [1.165, 1.54) is 24.0 Å². The molecule has 2 saturated heterocycles. The lowest BCUT2D eigenvalue weighted by atomic mass is 10.1. The number of halogens is 2. The van der Waals surface area contributed by atoms with Crippen molar-refractivity contribution in [1.29, 1.82) is 0 Å². The molecule has 2 heterocycles. The van der Waals surface area contributed by atoms with Gasteiger partial charge in [-0.1, -0.05) is 11.6 Å². The summed E-state index contributed by atoms with van der Waals surface area (Å²) < 4.78 is 13.9. The minimum Gasteiger partial charge on any atom is -0.352 e. The summed E-state index contributed by atoms with van der Waals surface area (Å²) >= 11 is 5.83. The molecular formula is C16H17ClFN3O3. The van der Waals surface area contributed by atoms with E-state index >= 15 is 0 Å². The highest BCUT2D eigenvalue weighted by Crippen LogP contribution is 2.25. The summed E-state index contributed by atoms with van der Waals surface area (Å²) in [4.78, 5) is 39.1. The average Bonchev–Trinajstić information content (AvgIpc) is 2.91. The van der Waals surface area contributed by atoms with Crippen molar-refractivity contribution >= 4 is 29.3 Å². The van der Waals surface area contributed by atoms with Crippen LogP contribution in [0.1, 0.15) is 23.7 Å². The molecule has 0 bridgehead atoms. The highest BCUT2D eigenvalue weighted by molar-refractivity contribution is 6.31. The Labute approximate surface area is 143 Å². The van der Waals surface area contributed by atoms with Crippen LogP contribution < -0.4 is 5.32 Å². The van der Waals surface area contributed by atoms with E-state index in [9.17, 15) is 18.8 Å². The molecular weight excluding hydrogens is 337 g/mol. The lowest BCUT2D eigenvalue weighted by Crippen LogP contribution is -2.55. The Kier molecular flexibility index (Phi) is 4.45. The lowest BCUT2D eigenvalue weighted by molar-refractivity contribution is -0.136. The average molecular weight is 354 g/mol. The van der Waals surface area contributed by atoms with Gasteiger partial charge in [-0.2, -0.15) is 0 Å². The van der Waals surface area contributed by atoms with Gasteiger partial charge in [0.05, 0.1) is 11.6 Å². The standard InChI is InChI=1S/C16H17ClFN3O3/c1-9(22)19-11-5-12-7-20(8-15(23)21(12)6-11)16(24)13-4-10(17)2-3-14(13)18/h2-4,11-12H,5-8H2,1H3,(H,19,22)/t11-,12-/m0/s1. The van der Waals surface area contributed by atoms with Gasteiger partial charge in [0.2, 0.25) is 11.8 Å². The quantitative estimate of drug-likeness (QED) is 0.863. The van der Waals surface area contributed by atoms with Gasteiger partial charge in [-0.15, -0.1) is 0 Å². The van der Waals surface area contributed by atoms with Crippen molar-refractivity contribution < 1.29 is 18.8 Å². The van der Waals surface area contributed by atoms with Gasteiger partial charge >= 0.3 is 0 Å². The Morgan fingerprint density at radius 3 is 2.79 bits per heavy atom. The summed E-state index contributed by atoms with van der Waals surface area (Å²) in [6.07, 6.45) is 0.577. The Morgan fingerprint density at radius 2 is 2.08 bits per heavy atom. The first-order valence-corrected chi connectivity index (χ1v) is 8.04. The van der Waals surface area contributed by atoms with Crippen molar-refractivity contribution in [2.45, 2.75) is 25.4 Å². The lowest BCUT2D eigenvalue weighted by Gasteiger charge is -2.36. The maximum Gasteiger partial charge on any atom is 0.257 e. The second-order valence-electron chi connectivity index (χ2n) is 6.14. The Morgan fingerprint density at radius 1 is 1.33 bits per heavy atom. The summed E-state index contributed by atoms with van der Waals surface area (Å²) in [5, 5.41) is 3.06.